The van der Waals surface area contributed by atoms with Crippen molar-refractivity contribution >= 4 is 66.5 Å². The average Bonchev–Trinajstić information content (AvgIpc) is 3.35. The maximum Gasteiger partial charge on any atom is 0.270 e. The van der Waals surface area contributed by atoms with Gasteiger partial charge < -0.3 is 9.88 Å². The molecule has 1 aromatic heterocycles. The first-order chi connectivity index (χ1) is 20.5. The van der Waals surface area contributed by atoms with Crippen LogP contribution in [0.3, 0.4) is 0 Å². The third-order valence-corrected chi connectivity index (χ3v) is 8.09. The molecule has 0 radical (unpaired) electrons. The molecule has 1 aliphatic heterocycles. The Balaban J connectivity index is 1.35. The standard InChI is InChI=1S/C33H25Br2N5O2/c34-24-13-11-21(12-14-24)18-36-39-29(41)20-40-19-27(26-17-25(35)15-16-28(26)40)32-33(42)38-31(23-9-5-2-6-10-23)30(37-32)22-7-3-1-4-8-22/h1-19,30-31H,20H2,(H,38,42)(H,39,41)/t30-,31-/m0/s1. The lowest BCUT2D eigenvalue weighted by molar-refractivity contribution is -0.121. The monoisotopic (exact) mass is 681 g/mol. The van der Waals surface area contributed by atoms with E-state index in [9.17, 15) is 9.59 Å². The Morgan fingerprint density at radius 3 is 2.29 bits per heavy atom. The molecule has 0 saturated carbocycles. The first-order valence-corrected chi connectivity index (χ1v) is 14.9. The normalized spacial score (nSPS) is 16.8. The molecule has 6 rings (SSSR count). The van der Waals surface area contributed by atoms with Gasteiger partial charge in [0, 0.05) is 31.6 Å². The number of nitrogens with one attached hydrogen (secondary N) is 2. The van der Waals surface area contributed by atoms with Gasteiger partial charge in [0.1, 0.15) is 18.3 Å². The van der Waals surface area contributed by atoms with Crippen LogP contribution in [0.25, 0.3) is 10.9 Å². The fourth-order valence-electron chi connectivity index (χ4n) is 5.10. The first-order valence-electron chi connectivity index (χ1n) is 13.3. The zero-order valence-electron chi connectivity index (χ0n) is 22.2. The summed E-state index contributed by atoms with van der Waals surface area (Å²) in [6, 6.07) is 32.6. The van der Waals surface area contributed by atoms with Gasteiger partial charge in [0.15, 0.2) is 0 Å². The van der Waals surface area contributed by atoms with Crippen LogP contribution in [0, 0.1) is 0 Å². The highest BCUT2D eigenvalue weighted by molar-refractivity contribution is 9.10. The van der Waals surface area contributed by atoms with E-state index in [2.05, 4.69) is 47.7 Å². The van der Waals surface area contributed by atoms with Crippen LogP contribution in [0.4, 0.5) is 0 Å². The van der Waals surface area contributed by atoms with Crippen molar-refractivity contribution in [2.24, 2.45) is 10.1 Å². The minimum absolute atomic E-state index is 0.0134. The van der Waals surface area contributed by atoms with Crippen molar-refractivity contribution in [2.75, 3.05) is 0 Å². The number of hydrazone groups is 1. The van der Waals surface area contributed by atoms with Crippen molar-refractivity contribution < 1.29 is 9.59 Å². The SMILES string of the molecule is O=C(Cn1cc(C2=N[C@@H](c3ccccc3)[C@H](c3ccccc3)NC2=O)c2cc(Br)ccc21)NN=Cc1ccc(Br)cc1. The van der Waals surface area contributed by atoms with Crippen LogP contribution in [-0.2, 0) is 16.1 Å². The fraction of sp³-hybridized carbons (Fsp3) is 0.0909. The lowest BCUT2D eigenvalue weighted by atomic mass is 9.91. The van der Waals surface area contributed by atoms with E-state index in [0.717, 1.165) is 36.5 Å². The summed E-state index contributed by atoms with van der Waals surface area (Å²) < 4.78 is 3.64. The Morgan fingerprint density at radius 1 is 0.905 bits per heavy atom. The molecule has 9 heteroatoms. The number of carbonyl (C=O) groups excluding carboxylic acids is 2. The maximum absolute atomic E-state index is 13.6. The summed E-state index contributed by atoms with van der Waals surface area (Å²) in [5.74, 6) is -0.560. The molecule has 0 bridgehead atoms. The van der Waals surface area contributed by atoms with E-state index in [-0.39, 0.29) is 30.4 Å². The van der Waals surface area contributed by atoms with E-state index < -0.39 is 0 Å². The van der Waals surface area contributed by atoms with Crippen molar-refractivity contribution in [1.82, 2.24) is 15.3 Å². The van der Waals surface area contributed by atoms with Crippen LogP contribution in [0.15, 0.2) is 128 Å². The summed E-state index contributed by atoms with van der Waals surface area (Å²) in [5.41, 5.74) is 7.22. The van der Waals surface area contributed by atoms with Crippen LogP contribution in [-0.4, -0.2) is 28.3 Å². The molecule has 5 aromatic rings. The summed E-state index contributed by atoms with van der Waals surface area (Å²) in [6.45, 7) is 0.0134. The molecule has 42 heavy (non-hydrogen) atoms. The van der Waals surface area contributed by atoms with Crippen molar-refractivity contribution in [3.63, 3.8) is 0 Å². The van der Waals surface area contributed by atoms with E-state index >= 15 is 0 Å². The van der Waals surface area contributed by atoms with Crippen molar-refractivity contribution in [3.8, 4) is 0 Å². The molecular formula is C33H25Br2N5O2. The number of fused-ring (bicyclic) bond motifs is 1. The number of nitrogens with zero attached hydrogens (tertiary/aromatic N) is 3. The van der Waals surface area contributed by atoms with Crippen LogP contribution < -0.4 is 10.7 Å². The number of aromatic nitrogens is 1. The number of hydrogen-bond donors (Lipinski definition) is 2. The second-order valence-electron chi connectivity index (χ2n) is 9.87. The van der Waals surface area contributed by atoms with Crippen LogP contribution in [0.5, 0.6) is 0 Å². The highest BCUT2D eigenvalue weighted by atomic mass is 79.9. The predicted molar refractivity (Wildman–Crippen MR) is 173 cm³/mol. The predicted octanol–water partition coefficient (Wildman–Crippen LogP) is 6.72. The minimum Gasteiger partial charge on any atom is -0.341 e. The molecule has 0 unspecified atom stereocenters. The summed E-state index contributed by atoms with van der Waals surface area (Å²) in [5, 5.41) is 8.13. The van der Waals surface area contributed by atoms with E-state index in [1.807, 2.05) is 114 Å². The largest absolute Gasteiger partial charge is 0.341 e. The Hall–Kier alpha value is -4.34. The van der Waals surface area contributed by atoms with Crippen LogP contribution >= 0.6 is 31.9 Å². The highest BCUT2D eigenvalue weighted by Crippen LogP contribution is 2.37. The van der Waals surface area contributed by atoms with E-state index in [4.69, 9.17) is 4.99 Å². The summed E-state index contributed by atoms with van der Waals surface area (Å²) >= 11 is 6.97. The molecule has 7 nitrogen and oxygen atoms in total. The van der Waals surface area contributed by atoms with Gasteiger partial charge in [0.25, 0.3) is 11.8 Å². The topological polar surface area (TPSA) is 87.8 Å². The molecule has 0 saturated heterocycles. The van der Waals surface area contributed by atoms with Gasteiger partial charge in [-0.15, -0.1) is 0 Å². The molecule has 208 valence electrons. The number of aliphatic imine (C=N–C) groups is 1. The number of amides is 2. The fourth-order valence-corrected chi connectivity index (χ4v) is 5.73. The molecule has 4 aromatic carbocycles. The first kappa shape index (κ1) is 27.8. The third-order valence-electron chi connectivity index (χ3n) is 7.07. The van der Waals surface area contributed by atoms with Gasteiger partial charge in [0.2, 0.25) is 0 Å². The van der Waals surface area contributed by atoms with Crippen molar-refractivity contribution in [2.45, 2.75) is 18.6 Å². The summed E-state index contributed by atoms with van der Waals surface area (Å²) in [4.78, 5) is 31.6. The summed E-state index contributed by atoms with van der Waals surface area (Å²) in [7, 11) is 0. The van der Waals surface area contributed by atoms with Gasteiger partial charge in [0.05, 0.1) is 12.3 Å². The Kier molecular flexibility index (Phi) is 8.12. The molecule has 2 atom stereocenters. The Labute approximate surface area is 259 Å². The van der Waals surface area contributed by atoms with Gasteiger partial charge in [-0.05, 0) is 47.0 Å². The number of hydrogen-bond acceptors (Lipinski definition) is 4. The van der Waals surface area contributed by atoms with Gasteiger partial charge >= 0.3 is 0 Å². The molecular weight excluding hydrogens is 658 g/mol. The molecule has 0 aliphatic carbocycles. The van der Waals surface area contributed by atoms with Crippen LogP contribution in [0.1, 0.15) is 34.3 Å². The van der Waals surface area contributed by atoms with E-state index in [1.54, 1.807) is 6.21 Å². The maximum atomic E-state index is 13.6. The van der Waals surface area contributed by atoms with Gasteiger partial charge in [-0.25, -0.2) is 5.43 Å². The molecule has 2 amide bonds. The third kappa shape index (κ3) is 5.98. The number of benzene rings is 4. The Bertz CT molecular complexity index is 1820. The lowest BCUT2D eigenvalue weighted by Gasteiger charge is -2.31. The van der Waals surface area contributed by atoms with E-state index in [0.29, 0.717) is 11.3 Å². The number of carbonyl (C=O) groups is 2. The molecule has 0 spiro atoms. The molecule has 2 N–H and O–H groups in total. The lowest BCUT2D eigenvalue weighted by Crippen LogP contribution is -2.42. The number of rotatable bonds is 7. The van der Waals surface area contributed by atoms with Crippen molar-refractivity contribution in [1.29, 1.82) is 0 Å². The second kappa shape index (κ2) is 12.3. The zero-order valence-corrected chi connectivity index (χ0v) is 25.4. The smallest absolute Gasteiger partial charge is 0.270 e. The van der Waals surface area contributed by atoms with E-state index in [1.165, 1.54) is 0 Å². The molecule has 2 heterocycles. The quantitative estimate of drug-likeness (QED) is 0.148. The van der Waals surface area contributed by atoms with Gasteiger partial charge in [-0.1, -0.05) is 105 Å². The van der Waals surface area contributed by atoms with Crippen LogP contribution in [0.2, 0.25) is 0 Å². The number of halogens is 2. The Morgan fingerprint density at radius 2 is 1.57 bits per heavy atom. The second-order valence-corrected chi connectivity index (χ2v) is 11.7. The average molecular weight is 683 g/mol. The summed E-state index contributed by atoms with van der Waals surface area (Å²) in [6.07, 6.45) is 3.41. The highest BCUT2D eigenvalue weighted by Gasteiger charge is 2.34. The van der Waals surface area contributed by atoms with Gasteiger partial charge in [-0.3, -0.25) is 14.6 Å². The van der Waals surface area contributed by atoms with Gasteiger partial charge in [-0.2, -0.15) is 5.10 Å². The minimum atomic E-state index is -0.330. The van der Waals surface area contributed by atoms with Crippen molar-refractivity contribution in [3.05, 3.63) is 141 Å². The molecule has 1 aliphatic rings. The zero-order chi connectivity index (χ0) is 29.1. The molecule has 0 fully saturated rings.